The molecule has 1 aliphatic carbocycles. The molecule has 9 nitrogen and oxygen atoms in total. The van der Waals surface area contributed by atoms with E-state index in [4.69, 9.17) is 4.74 Å². The maximum absolute atomic E-state index is 12.6. The van der Waals surface area contributed by atoms with Gasteiger partial charge in [-0.15, -0.1) is 11.3 Å². The van der Waals surface area contributed by atoms with Gasteiger partial charge in [-0.05, 0) is 37.7 Å². The van der Waals surface area contributed by atoms with Crippen LogP contribution in [0.3, 0.4) is 0 Å². The first-order valence-electron chi connectivity index (χ1n) is 10.1. The van der Waals surface area contributed by atoms with Crippen LogP contribution in [0.4, 0.5) is 9.80 Å². The van der Waals surface area contributed by atoms with E-state index in [0.29, 0.717) is 21.9 Å². The van der Waals surface area contributed by atoms with E-state index in [-0.39, 0.29) is 6.54 Å². The number of nitrogens with one attached hydrogen (secondary N) is 1. The third-order valence-corrected chi connectivity index (χ3v) is 6.44. The fraction of sp³-hybridized carbons (Fsp3) is 0.550. The standard InChI is InChI=1S/C20H25N3O6S/c1-3-4-10-22-17(25)18(26)23(20(22)28)11-14(24)21-16-15(19(27)29-2)12-8-6-5-7-9-13(12)30-16/h3-11H2,1-2H3,(H,21,24). The predicted octanol–water partition coefficient (Wildman–Crippen LogP) is 2.33. The van der Waals surface area contributed by atoms with Crippen molar-refractivity contribution in [2.75, 3.05) is 25.5 Å². The zero-order chi connectivity index (χ0) is 21.8. The Kier molecular flexibility index (Phi) is 6.86. The van der Waals surface area contributed by atoms with Crippen LogP contribution in [-0.4, -0.2) is 59.7 Å². The van der Waals surface area contributed by atoms with Crippen molar-refractivity contribution in [2.24, 2.45) is 0 Å². The van der Waals surface area contributed by atoms with Crippen LogP contribution >= 0.6 is 11.3 Å². The highest BCUT2D eigenvalue weighted by molar-refractivity contribution is 7.17. The number of unbranched alkanes of at least 4 members (excludes halogenated alkanes) is 1. The number of rotatable bonds is 7. The molecule has 1 aromatic heterocycles. The van der Waals surface area contributed by atoms with Gasteiger partial charge < -0.3 is 10.1 Å². The number of urea groups is 1. The Morgan fingerprint density at radius 3 is 2.47 bits per heavy atom. The third kappa shape index (κ3) is 4.23. The molecule has 1 aliphatic heterocycles. The topological polar surface area (TPSA) is 113 Å². The maximum Gasteiger partial charge on any atom is 0.341 e. The lowest BCUT2D eigenvalue weighted by Gasteiger charge is -2.15. The van der Waals surface area contributed by atoms with E-state index < -0.39 is 36.3 Å². The maximum atomic E-state index is 12.6. The van der Waals surface area contributed by atoms with Gasteiger partial charge in [0, 0.05) is 11.4 Å². The number of anilines is 1. The summed E-state index contributed by atoms with van der Waals surface area (Å²) in [4.78, 5) is 64.1. The summed E-state index contributed by atoms with van der Waals surface area (Å²) in [6.45, 7) is 1.46. The van der Waals surface area contributed by atoms with Crippen LogP contribution in [0.5, 0.6) is 0 Å². The van der Waals surface area contributed by atoms with Crippen molar-refractivity contribution in [3.63, 3.8) is 0 Å². The van der Waals surface area contributed by atoms with E-state index in [2.05, 4.69) is 5.32 Å². The van der Waals surface area contributed by atoms with Crippen molar-refractivity contribution in [3.8, 4) is 0 Å². The lowest BCUT2D eigenvalue weighted by Crippen LogP contribution is -2.39. The monoisotopic (exact) mass is 435 g/mol. The SMILES string of the molecule is CCCCN1C(=O)C(=O)N(CC(=O)Nc2sc3c(c2C(=O)OC)CCCCC3)C1=O. The Bertz CT molecular complexity index is 893. The molecule has 1 aromatic rings. The molecule has 0 atom stereocenters. The average molecular weight is 436 g/mol. The molecule has 0 radical (unpaired) electrons. The highest BCUT2D eigenvalue weighted by Gasteiger charge is 2.44. The van der Waals surface area contributed by atoms with Gasteiger partial charge >= 0.3 is 23.8 Å². The molecular weight excluding hydrogens is 410 g/mol. The molecule has 30 heavy (non-hydrogen) atoms. The second-order valence-corrected chi connectivity index (χ2v) is 8.40. The van der Waals surface area contributed by atoms with Crippen LogP contribution in [0.15, 0.2) is 0 Å². The lowest BCUT2D eigenvalue weighted by molar-refractivity contribution is -0.143. The molecule has 5 amide bonds. The molecule has 1 N–H and O–H groups in total. The van der Waals surface area contributed by atoms with Crippen LogP contribution < -0.4 is 5.32 Å². The quantitative estimate of drug-likeness (QED) is 0.304. The first-order chi connectivity index (χ1) is 14.4. The van der Waals surface area contributed by atoms with Gasteiger partial charge in [-0.3, -0.25) is 19.3 Å². The minimum absolute atomic E-state index is 0.141. The first kappa shape index (κ1) is 21.9. The third-order valence-electron chi connectivity index (χ3n) is 5.24. The van der Waals surface area contributed by atoms with E-state index in [0.717, 1.165) is 53.9 Å². The minimum atomic E-state index is -1.01. The van der Waals surface area contributed by atoms with Crippen LogP contribution in [-0.2, 0) is 32.0 Å². The number of hydrogen-bond acceptors (Lipinski definition) is 7. The van der Waals surface area contributed by atoms with E-state index in [1.54, 1.807) is 0 Å². The Labute approximate surface area is 178 Å². The number of fused-ring (bicyclic) bond motifs is 1. The van der Waals surface area contributed by atoms with Crippen molar-refractivity contribution in [2.45, 2.75) is 51.9 Å². The number of imide groups is 2. The molecular formula is C20H25N3O6S. The average Bonchev–Trinajstić information content (AvgIpc) is 3.02. The minimum Gasteiger partial charge on any atom is -0.465 e. The van der Waals surface area contributed by atoms with Gasteiger partial charge in [-0.25, -0.2) is 14.5 Å². The van der Waals surface area contributed by atoms with Crippen LogP contribution in [0.2, 0.25) is 0 Å². The number of amides is 5. The van der Waals surface area contributed by atoms with Crippen molar-refractivity contribution < 1.29 is 28.7 Å². The number of carbonyl (C=O) groups excluding carboxylic acids is 5. The lowest BCUT2D eigenvalue weighted by atomic mass is 10.1. The largest absolute Gasteiger partial charge is 0.465 e. The summed E-state index contributed by atoms with van der Waals surface area (Å²) in [6, 6.07) is -0.788. The van der Waals surface area contributed by atoms with Gasteiger partial charge in [0.05, 0.1) is 12.7 Å². The molecule has 162 valence electrons. The second-order valence-electron chi connectivity index (χ2n) is 7.29. The number of esters is 1. The summed E-state index contributed by atoms with van der Waals surface area (Å²) in [6.07, 6.45) is 5.92. The molecule has 2 heterocycles. The summed E-state index contributed by atoms with van der Waals surface area (Å²) < 4.78 is 4.90. The normalized spacial score (nSPS) is 16.5. The van der Waals surface area contributed by atoms with Gasteiger partial charge in [0.2, 0.25) is 5.91 Å². The van der Waals surface area contributed by atoms with Crippen molar-refractivity contribution in [3.05, 3.63) is 16.0 Å². The van der Waals surface area contributed by atoms with Crippen molar-refractivity contribution in [1.82, 2.24) is 9.80 Å². The summed E-state index contributed by atoms with van der Waals surface area (Å²) in [7, 11) is 1.28. The number of nitrogens with zero attached hydrogens (tertiary/aromatic N) is 2. The Morgan fingerprint density at radius 2 is 1.77 bits per heavy atom. The summed E-state index contributed by atoms with van der Waals surface area (Å²) >= 11 is 1.32. The zero-order valence-electron chi connectivity index (χ0n) is 17.1. The summed E-state index contributed by atoms with van der Waals surface area (Å²) in [5, 5.41) is 3.00. The molecule has 0 aromatic carbocycles. The van der Waals surface area contributed by atoms with Crippen LogP contribution in [0.1, 0.15) is 59.8 Å². The molecule has 1 saturated heterocycles. The van der Waals surface area contributed by atoms with Crippen LogP contribution in [0, 0.1) is 0 Å². The van der Waals surface area contributed by atoms with Gasteiger partial charge in [0.15, 0.2) is 0 Å². The molecule has 0 saturated carbocycles. The number of thiophene rings is 1. The highest BCUT2D eigenvalue weighted by Crippen LogP contribution is 2.38. The molecule has 0 unspecified atom stereocenters. The highest BCUT2D eigenvalue weighted by atomic mass is 32.1. The number of carbonyl (C=O) groups is 5. The molecule has 2 aliphatic rings. The molecule has 0 spiro atoms. The molecule has 10 heteroatoms. The van der Waals surface area contributed by atoms with Gasteiger partial charge in [-0.2, -0.15) is 0 Å². The number of hydrogen-bond donors (Lipinski definition) is 1. The van der Waals surface area contributed by atoms with E-state index in [1.165, 1.54) is 18.4 Å². The van der Waals surface area contributed by atoms with Crippen molar-refractivity contribution in [1.29, 1.82) is 0 Å². The van der Waals surface area contributed by atoms with E-state index >= 15 is 0 Å². The fourth-order valence-electron chi connectivity index (χ4n) is 3.66. The molecule has 0 bridgehead atoms. The Balaban J connectivity index is 1.76. The second kappa shape index (κ2) is 9.38. The fourth-order valence-corrected chi connectivity index (χ4v) is 4.96. The van der Waals surface area contributed by atoms with Gasteiger partial charge in [0.1, 0.15) is 11.5 Å². The van der Waals surface area contributed by atoms with Crippen molar-refractivity contribution >= 4 is 46.1 Å². The number of aryl methyl sites for hydroxylation is 1. The van der Waals surface area contributed by atoms with E-state index in [9.17, 15) is 24.0 Å². The summed E-state index contributed by atoms with van der Waals surface area (Å²) in [5.74, 6) is -3.11. The number of ether oxygens (including phenoxy) is 1. The summed E-state index contributed by atoms with van der Waals surface area (Å²) in [5.41, 5.74) is 1.24. The Hall–Kier alpha value is -2.75. The molecule has 3 rings (SSSR count). The first-order valence-corrected chi connectivity index (χ1v) is 10.9. The van der Waals surface area contributed by atoms with Gasteiger partial charge in [0.25, 0.3) is 0 Å². The zero-order valence-corrected chi connectivity index (χ0v) is 17.9. The van der Waals surface area contributed by atoms with Gasteiger partial charge in [-0.1, -0.05) is 19.8 Å². The predicted molar refractivity (Wildman–Crippen MR) is 109 cm³/mol. The Morgan fingerprint density at radius 1 is 1.07 bits per heavy atom. The smallest absolute Gasteiger partial charge is 0.341 e. The molecule has 1 fully saturated rings. The van der Waals surface area contributed by atoms with Crippen LogP contribution in [0.25, 0.3) is 0 Å². The van der Waals surface area contributed by atoms with E-state index in [1.807, 2.05) is 6.92 Å². The number of methoxy groups -OCH3 is 1.